The number of hydrogen-bond donors (Lipinski definition) is 2. The SMILES string of the molecule is CC[C@@H]1[C@H]2OC(C)(C)O[C@H]2[C@H](c2c[nH]c3c(Cl)nc(NC)nc23)N1C(=O)OC(C)(C)C. The van der Waals surface area contributed by atoms with Gasteiger partial charge in [0.05, 0.1) is 12.1 Å². The molecule has 0 unspecified atom stereocenters. The van der Waals surface area contributed by atoms with Crippen molar-refractivity contribution in [2.45, 2.75) is 83.6 Å². The summed E-state index contributed by atoms with van der Waals surface area (Å²) >= 11 is 6.38. The lowest BCUT2D eigenvalue weighted by Crippen LogP contribution is -2.45. The molecule has 4 heterocycles. The zero-order chi connectivity index (χ0) is 22.7. The van der Waals surface area contributed by atoms with Gasteiger partial charge in [0.15, 0.2) is 10.9 Å². The van der Waals surface area contributed by atoms with E-state index in [1.807, 2.05) is 47.7 Å². The number of aromatic nitrogens is 3. The Morgan fingerprint density at radius 2 is 2.00 bits per heavy atom. The Kier molecular flexibility index (Phi) is 5.34. The molecule has 0 aromatic carbocycles. The molecule has 0 spiro atoms. The normalized spacial score (nSPS) is 27.5. The van der Waals surface area contributed by atoms with Crippen LogP contribution in [-0.2, 0) is 14.2 Å². The summed E-state index contributed by atoms with van der Waals surface area (Å²) in [4.78, 5) is 27.1. The predicted octanol–water partition coefficient (Wildman–Crippen LogP) is 4.24. The number of ether oxygens (including phenoxy) is 3. The number of aromatic amines is 1. The molecule has 2 aliphatic rings. The molecule has 2 saturated heterocycles. The van der Waals surface area contributed by atoms with Crippen molar-refractivity contribution < 1.29 is 19.0 Å². The first kappa shape index (κ1) is 22.1. The Morgan fingerprint density at radius 1 is 1.32 bits per heavy atom. The van der Waals surface area contributed by atoms with Crippen LogP contribution in [0, 0.1) is 0 Å². The molecular formula is C21H30ClN5O4. The summed E-state index contributed by atoms with van der Waals surface area (Å²) < 4.78 is 18.3. The van der Waals surface area contributed by atoms with Crippen molar-refractivity contribution in [2.24, 2.45) is 0 Å². The van der Waals surface area contributed by atoms with E-state index < -0.39 is 23.5 Å². The van der Waals surface area contributed by atoms with Crippen LogP contribution in [-0.4, -0.2) is 62.6 Å². The maximum Gasteiger partial charge on any atom is 0.411 e. The maximum atomic E-state index is 13.4. The third kappa shape index (κ3) is 3.83. The third-order valence-corrected chi connectivity index (χ3v) is 5.86. The number of nitrogens with zero attached hydrogens (tertiary/aromatic N) is 3. The Hall–Kier alpha value is -2.10. The van der Waals surface area contributed by atoms with Gasteiger partial charge in [-0.2, -0.15) is 4.98 Å². The molecule has 0 radical (unpaired) electrons. The quantitative estimate of drug-likeness (QED) is 0.672. The Labute approximate surface area is 186 Å². The van der Waals surface area contributed by atoms with E-state index in [9.17, 15) is 4.79 Å². The van der Waals surface area contributed by atoms with E-state index in [0.717, 1.165) is 5.56 Å². The molecule has 2 aromatic rings. The molecule has 2 fully saturated rings. The van der Waals surface area contributed by atoms with Crippen molar-refractivity contribution in [3.8, 4) is 0 Å². The third-order valence-electron chi connectivity index (χ3n) is 5.59. The van der Waals surface area contributed by atoms with Crippen molar-refractivity contribution in [3.05, 3.63) is 16.9 Å². The number of amides is 1. The molecule has 0 saturated carbocycles. The Balaban J connectivity index is 1.86. The standard InChI is InChI=1S/C21H30ClN5O4/c1-8-11-15-16(30-21(5,6)29-15)14(27(11)19(28)31-20(2,3)4)10-9-24-13-12(10)25-18(23-7)26-17(13)22/h9,11,14-16,24H,8H2,1-7H3,(H,23,25,26)/t11-,14+,15-,16+/m1/s1. The average molecular weight is 452 g/mol. The predicted molar refractivity (Wildman–Crippen MR) is 117 cm³/mol. The minimum absolute atomic E-state index is 0.211. The molecule has 9 nitrogen and oxygen atoms in total. The van der Waals surface area contributed by atoms with Crippen LogP contribution >= 0.6 is 11.6 Å². The molecule has 4 rings (SSSR count). The number of likely N-dealkylation sites (tertiary alicyclic amines) is 1. The molecule has 2 N–H and O–H groups in total. The largest absolute Gasteiger partial charge is 0.444 e. The molecule has 170 valence electrons. The van der Waals surface area contributed by atoms with Gasteiger partial charge in [0, 0.05) is 18.8 Å². The monoisotopic (exact) mass is 451 g/mol. The van der Waals surface area contributed by atoms with E-state index in [-0.39, 0.29) is 18.2 Å². The zero-order valence-corrected chi connectivity index (χ0v) is 19.7. The number of rotatable bonds is 3. The summed E-state index contributed by atoms with van der Waals surface area (Å²) in [6.07, 6.45) is 1.43. The van der Waals surface area contributed by atoms with E-state index in [4.69, 9.17) is 25.8 Å². The maximum absolute atomic E-state index is 13.4. The minimum atomic E-state index is -0.754. The molecule has 10 heteroatoms. The van der Waals surface area contributed by atoms with E-state index in [1.165, 1.54) is 0 Å². The van der Waals surface area contributed by atoms with Crippen LogP contribution in [0.15, 0.2) is 6.20 Å². The highest BCUT2D eigenvalue weighted by atomic mass is 35.5. The van der Waals surface area contributed by atoms with Crippen molar-refractivity contribution >= 4 is 34.7 Å². The number of carbonyl (C=O) groups is 1. The lowest BCUT2D eigenvalue weighted by molar-refractivity contribution is -0.167. The second kappa shape index (κ2) is 7.50. The van der Waals surface area contributed by atoms with Crippen LogP contribution in [0.1, 0.15) is 59.6 Å². The molecule has 4 atom stereocenters. The lowest BCUT2D eigenvalue weighted by atomic mass is 10.0. The number of H-pyrrole nitrogens is 1. The highest BCUT2D eigenvalue weighted by Crippen LogP contribution is 2.49. The van der Waals surface area contributed by atoms with Crippen molar-refractivity contribution in [3.63, 3.8) is 0 Å². The number of fused-ring (bicyclic) bond motifs is 2. The smallest absolute Gasteiger partial charge is 0.411 e. The first-order valence-corrected chi connectivity index (χ1v) is 10.9. The fraction of sp³-hybridized carbons (Fsp3) is 0.667. The molecule has 0 bridgehead atoms. The summed E-state index contributed by atoms with van der Waals surface area (Å²) in [5.74, 6) is -0.358. The number of carbonyl (C=O) groups excluding carboxylic acids is 1. The van der Waals surface area contributed by atoms with Gasteiger partial charge in [-0.25, -0.2) is 9.78 Å². The van der Waals surface area contributed by atoms with E-state index in [0.29, 0.717) is 28.6 Å². The molecule has 1 amide bonds. The highest BCUT2D eigenvalue weighted by Gasteiger charge is 2.60. The first-order valence-electron chi connectivity index (χ1n) is 10.5. The Bertz CT molecular complexity index is 1000. The van der Waals surface area contributed by atoms with Crippen LogP contribution in [0.3, 0.4) is 0 Å². The van der Waals surface area contributed by atoms with Crippen molar-refractivity contribution in [1.82, 2.24) is 19.9 Å². The molecule has 0 aliphatic carbocycles. The lowest BCUT2D eigenvalue weighted by Gasteiger charge is -2.35. The summed E-state index contributed by atoms with van der Waals surface area (Å²) in [6, 6.07) is -0.673. The highest BCUT2D eigenvalue weighted by molar-refractivity contribution is 6.33. The Morgan fingerprint density at radius 3 is 2.61 bits per heavy atom. The first-order chi connectivity index (χ1) is 14.5. The van der Waals surface area contributed by atoms with Crippen molar-refractivity contribution in [1.29, 1.82) is 0 Å². The van der Waals surface area contributed by atoms with E-state index in [1.54, 1.807) is 11.9 Å². The van der Waals surface area contributed by atoms with Gasteiger partial charge in [-0.1, -0.05) is 18.5 Å². The van der Waals surface area contributed by atoms with Gasteiger partial charge in [-0.15, -0.1) is 0 Å². The minimum Gasteiger partial charge on any atom is -0.444 e. The zero-order valence-electron chi connectivity index (χ0n) is 18.9. The molecule has 2 aliphatic heterocycles. The fourth-order valence-electron chi connectivity index (χ4n) is 4.53. The van der Waals surface area contributed by atoms with Crippen molar-refractivity contribution in [2.75, 3.05) is 12.4 Å². The van der Waals surface area contributed by atoms with Crippen LogP contribution in [0.25, 0.3) is 11.0 Å². The topological polar surface area (TPSA) is 102 Å². The number of hydrogen-bond acceptors (Lipinski definition) is 7. The summed E-state index contributed by atoms with van der Waals surface area (Å²) in [7, 11) is 1.73. The van der Waals surface area contributed by atoms with Gasteiger partial charge in [-0.05, 0) is 41.0 Å². The van der Waals surface area contributed by atoms with E-state index in [2.05, 4.69) is 20.3 Å². The van der Waals surface area contributed by atoms with Crippen LogP contribution in [0.4, 0.5) is 10.7 Å². The van der Waals surface area contributed by atoms with E-state index >= 15 is 0 Å². The second-order valence-corrected chi connectivity index (χ2v) is 9.79. The van der Waals surface area contributed by atoms with Gasteiger partial charge in [0.1, 0.15) is 28.8 Å². The van der Waals surface area contributed by atoms with Crippen LogP contribution in [0.2, 0.25) is 5.15 Å². The summed E-state index contributed by atoms with van der Waals surface area (Å²) in [6.45, 7) is 11.4. The van der Waals surface area contributed by atoms with Gasteiger partial charge in [0.25, 0.3) is 0 Å². The molecular weight excluding hydrogens is 422 g/mol. The van der Waals surface area contributed by atoms with Gasteiger partial charge in [-0.3, -0.25) is 4.90 Å². The number of nitrogens with one attached hydrogen (secondary N) is 2. The molecule has 2 aromatic heterocycles. The van der Waals surface area contributed by atoms with Crippen LogP contribution in [0.5, 0.6) is 0 Å². The summed E-state index contributed by atoms with van der Waals surface area (Å²) in [5, 5.41) is 3.23. The van der Waals surface area contributed by atoms with Gasteiger partial charge in [0.2, 0.25) is 5.95 Å². The summed E-state index contributed by atoms with van der Waals surface area (Å²) in [5.41, 5.74) is 1.39. The van der Waals surface area contributed by atoms with Gasteiger partial charge < -0.3 is 24.5 Å². The average Bonchev–Trinajstić information content (AvgIpc) is 3.28. The fourth-order valence-corrected chi connectivity index (χ4v) is 4.75. The molecule has 31 heavy (non-hydrogen) atoms. The number of anilines is 1. The second-order valence-electron chi connectivity index (χ2n) is 9.43. The van der Waals surface area contributed by atoms with Gasteiger partial charge >= 0.3 is 6.09 Å². The number of halogens is 1. The van der Waals surface area contributed by atoms with Crippen LogP contribution < -0.4 is 5.32 Å².